The molecule has 0 unspecified atom stereocenters. The van der Waals surface area contributed by atoms with E-state index in [1.54, 1.807) is 7.11 Å². The van der Waals surface area contributed by atoms with Crippen molar-refractivity contribution in [2.45, 2.75) is 46.5 Å². The third kappa shape index (κ3) is 1.77. The normalized spacial score (nSPS) is 23.1. The molecule has 3 rings (SSSR count). The minimum atomic E-state index is 0.336. The van der Waals surface area contributed by atoms with Crippen molar-refractivity contribution < 1.29 is 9.15 Å². The number of ether oxygens (including phenoxy) is 1. The topological polar surface area (TPSA) is 22.4 Å². The number of allylic oxidation sites excluding steroid dienone is 3. The Kier molecular flexibility index (Phi) is 2.67. The highest BCUT2D eigenvalue weighted by atomic mass is 16.5. The van der Waals surface area contributed by atoms with Crippen LogP contribution in [0.2, 0.25) is 0 Å². The first-order valence-electron chi connectivity index (χ1n) is 6.95. The molecule has 102 valence electrons. The van der Waals surface area contributed by atoms with Crippen LogP contribution in [0.4, 0.5) is 0 Å². The second kappa shape index (κ2) is 4.03. The predicted octanol–water partition coefficient (Wildman–Crippen LogP) is 4.25. The van der Waals surface area contributed by atoms with E-state index in [0.29, 0.717) is 5.41 Å². The maximum absolute atomic E-state index is 5.75. The summed E-state index contributed by atoms with van der Waals surface area (Å²) < 4.78 is 11.2. The van der Waals surface area contributed by atoms with Gasteiger partial charge in [0.25, 0.3) is 0 Å². The molecule has 2 aliphatic carbocycles. The fraction of sp³-hybridized carbons (Fsp3) is 0.529. The highest BCUT2D eigenvalue weighted by Gasteiger charge is 2.45. The standard InChI is InChI=1S/C17H22O2/c1-10-6-17(7-14(10)11(2)18-5)8-15-12(3)19-13(4)16(15)9-17/h1,6-9H2,2-5H3/b14-11-. The van der Waals surface area contributed by atoms with Crippen molar-refractivity contribution in [3.8, 4) is 0 Å². The maximum atomic E-state index is 5.75. The number of aryl methyl sites for hydroxylation is 2. The predicted molar refractivity (Wildman–Crippen MR) is 76.1 cm³/mol. The van der Waals surface area contributed by atoms with E-state index in [0.717, 1.165) is 43.0 Å². The second-order valence-electron chi connectivity index (χ2n) is 6.22. The summed E-state index contributed by atoms with van der Waals surface area (Å²) in [6, 6.07) is 0. The van der Waals surface area contributed by atoms with Crippen molar-refractivity contribution in [3.05, 3.63) is 46.1 Å². The third-order valence-corrected chi connectivity index (χ3v) is 4.92. The van der Waals surface area contributed by atoms with E-state index in [-0.39, 0.29) is 0 Å². The summed E-state index contributed by atoms with van der Waals surface area (Å²) in [4.78, 5) is 0. The summed E-state index contributed by atoms with van der Waals surface area (Å²) in [6.07, 6.45) is 4.45. The second-order valence-corrected chi connectivity index (χ2v) is 6.22. The van der Waals surface area contributed by atoms with Gasteiger partial charge in [0.05, 0.1) is 12.9 Å². The fourth-order valence-corrected chi connectivity index (χ4v) is 3.92. The molecular weight excluding hydrogens is 236 g/mol. The van der Waals surface area contributed by atoms with E-state index in [2.05, 4.69) is 20.4 Å². The van der Waals surface area contributed by atoms with Crippen LogP contribution in [0.15, 0.2) is 27.9 Å². The van der Waals surface area contributed by atoms with Crippen molar-refractivity contribution in [1.82, 2.24) is 0 Å². The van der Waals surface area contributed by atoms with Crippen molar-refractivity contribution in [3.63, 3.8) is 0 Å². The van der Waals surface area contributed by atoms with Gasteiger partial charge in [-0.05, 0) is 74.1 Å². The molecule has 2 aliphatic rings. The molecule has 0 amide bonds. The number of hydrogen-bond donors (Lipinski definition) is 0. The molecule has 0 N–H and O–H groups in total. The molecule has 0 radical (unpaired) electrons. The third-order valence-electron chi connectivity index (χ3n) is 4.92. The average Bonchev–Trinajstić information content (AvgIpc) is 2.96. The average molecular weight is 258 g/mol. The lowest BCUT2D eigenvalue weighted by Crippen LogP contribution is -2.17. The lowest BCUT2D eigenvalue weighted by atomic mass is 9.82. The van der Waals surface area contributed by atoms with Crippen LogP contribution < -0.4 is 0 Å². The highest BCUT2D eigenvalue weighted by Crippen LogP contribution is 2.54. The minimum Gasteiger partial charge on any atom is -0.501 e. The molecule has 0 atom stereocenters. The Morgan fingerprint density at radius 1 is 1.11 bits per heavy atom. The SMILES string of the molecule is C=C1CC2(C/C1=C(\C)OC)Cc1c(C)oc(C)c1C2. The Hall–Kier alpha value is -1.44. The molecule has 19 heavy (non-hydrogen) atoms. The van der Waals surface area contributed by atoms with Gasteiger partial charge in [-0.3, -0.25) is 0 Å². The molecule has 2 nitrogen and oxygen atoms in total. The number of rotatable bonds is 1. The van der Waals surface area contributed by atoms with E-state index < -0.39 is 0 Å². The molecule has 1 heterocycles. The van der Waals surface area contributed by atoms with Gasteiger partial charge in [-0.2, -0.15) is 0 Å². The summed E-state index contributed by atoms with van der Waals surface area (Å²) in [5.41, 5.74) is 5.82. The van der Waals surface area contributed by atoms with Crippen LogP contribution >= 0.6 is 0 Å². The molecule has 0 saturated heterocycles. The van der Waals surface area contributed by atoms with Crippen molar-refractivity contribution in [1.29, 1.82) is 0 Å². The molecule has 0 bridgehead atoms. The van der Waals surface area contributed by atoms with Gasteiger partial charge in [-0.25, -0.2) is 0 Å². The Morgan fingerprint density at radius 3 is 2.21 bits per heavy atom. The molecule has 1 saturated carbocycles. The molecule has 0 aromatic carbocycles. The molecular formula is C17H22O2. The van der Waals surface area contributed by atoms with Gasteiger partial charge >= 0.3 is 0 Å². The largest absolute Gasteiger partial charge is 0.501 e. The van der Waals surface area contributed by atoms with Gasteiger partial charge in [0.1, 0.15) is 11.5 Å². The van der Waals surface area contributed by atoms with Crippen LogP contribution in [-0.4, -0.2) is 7.11 Å². The summed E-state index contributed by atoms with van der Waals surface area (Å²) in [5.74, 6) is 3.25. The molecule has 1 aromatic rings. The molecule has 1 fully saturated rings. The van der Waals surface area contributed by atoms with Gasteiger partial charge in [-0.15, -0.1) is 0 Å². The Bertz CT molecular complexity index is 560. The lowest BCUT2D eigenvalue weighted by Gasteiger charge is -2.22. The number of methoxy groups -OCH3 is 1. The number of hydrogen-bond acceptors (Lipinski definition) is 2. The van der Waals surface area contributed by atoms with Crippen molar-refractivity contribution in [2.75, 3.05) is 7.11 Å². The van der Waals surface area contributed by atoms with Crippen LogP contribution in [0.25, 0.3) is 0 Å². The summed E-state index contributed by atoms with van der Waals surface area (Å²) in [5, 5.41) is 0. The first-order valence-corrected chi connectivity index (χ1v) is 6.95. The minimum absolute atomic E-state index is 0.336. The Balaban J connectivity index is 1.95. The number of fused-ring (bicyclic) bond motifs is 1. The van der Waals surface area contributed by atoms with Crippen LogP contribution in [-0.2, 0) is 17.6 Å². The Labute approximate surface area is 115 Å². The first kappa shape index (κ1) is 12.6. The first-order chi connectivity index (χ1) is 8.96. The zero-order chi connectivity index (χ0) is 13.8. The fourth-order valence-electron chi connectivity index (χ4n) is 3.92. The van der Waals surface area contributed by atoms with Gasteiger partial charge in [-0.1, -0.05) is 6.58 Å². The van der Waals surface area contributed by atoms with Crippen LogP contribution in [0.3, 0.4) is 0 Å². The zero-order valence-corrected chi connectivity index (χ0v) is 12.4. The highest BCUT2D eigenvalue weighted by molar-refractivity contribution is 5.46. The zero-order valence-electron chi connectivity index (χ0n) is 12.4. The van der Waals surface area contributed by atoms with Crippen LogP contribution in [0, 0.1) is 19.3 Å². The van der Waals surface area contributed by atoms with Crippen molar-refractivity contribution >= 4 is 0 Å². The molecule has 1 spiro atoms. The van der Waals surface area contributed by atoms with Crippen LogP contribution in [0.5, 0.6) is 0 Å². The van der Waals surface area contributed by atoms with Gasteiger partial charge in [0.15, 0.2) is 0 Å². The monoisotopic (exact) mass is 258 g/mol. The lowest BCUT2D eigenvalue weighted by molar-refractivity contribution is 0.282. The summed E-state index contributed by atoms with van der Waals surface area (Å²) >= 11 is 0. The van der Waals surface area contributed by atoms with Crippen LogP contribution in [0.1, 0.15) is 42.4 Å². The van der Waals surface area contributed by atoms with E-state index in [4.69, 9.17) is 9.15 Å². The Morgan fingerprint density at radius 2 is 1.68 bits per heavy atom. The molecule has 1 aromatic heterocycles. The summed E-state index contributed by atoms with van der Waals surface area (Å²) in [6.45, 7) is 10.5. The van der Waals surface area contributed by atoms with Crippen molar-refractivity contribution in [2.24, 2.45) is 5.41 Å². The smallest absolute Gasteiger partial charge is 0.104 e. The summed E-state index contributed by atoms with van der Waals surface area (Å²) in [7, 11) is 1.75. The van der Waals surface area contributed by atoms with Gasteiger partial charge in [0, 0.05) is 0 Å². The quantitative estimate of drug-likeness (QED) is 0.702. The van der Waals surface area contributed by atoms with E-state index in [9.17, 15) is 0 Å². The molecule has 2 heteroatoms. The van der Waals surface area contributed by atoms with E-state index >= 15 is 0 Å². The maximum Gasteiger partial charge on any atom is 0.104 e. The van der Waals surface area contributed by atoms with E-state index in [1.165, 1.54) is 22.3 Å². The van der Waals surface area contributed by atoms with E-state index in [1.807, 2.05) is 6.92 Å². The van der Waals surface area contributed by atoms with Gasteiger partial charge in [0.2, 0.25) is 0 Å². The number of furan rings is 1. The molecule has 0 aliphatic heterocycles. The van der Waals surface area contributed by atoms with Gasteiger partial charge < -0.3 is 9.15 Å².